The molecule has 74 valence electrons. The van der Waals surface area contributed by atoms with Gasteiger partial charge in [-0.05, 0) is 6.92 Å². The van der Waals surface area contributed by atoms with E-state index in [-0.39, 0.29) is 0 Å². The van der Waals surface area contributed by atoms with Gasteiger partial charge in [-0.2, -0.15) is 0 Å². The molecule has 0 saturated carbocycles. The molecule has 3 aliphatic rings. The SMILES string of the molecule is CC1(O)CC2C3OC3C(C1)[N+]2(C)C. The Balaban J connectivity index is 1.97. The van der Waals surface area contributed by atoms with Crippen molar-refractivity contribution in [1.82, 2.24) is 0 Å². The van der Waals surface area contributed by atoms with Gasteiger partial charge in [-0.3, -0.25) is 0 Å². The quantitative estimate of drug-likeness (QED) is 0.428. The van der Waals surface area contributed by atoms with E-state index in [4.69, 9.17) is 4.74 Å². The Hall–Kier alpha value is -0.120. The summed E-state index contributed by atoms with van der Waals surface area (Å²) in [6.07, 6.45) is 2.71. The first kappa shape index (κ1) is 8.21. The third kappa shape index (κ3) is 0.901. The number of morpholine rings is 1. The number of aliphatic hydroxyl groups is 1. The highest BCUT2D eigenvalue weighted by atomic mass is 16.6. The molecule has 2 bridgehead atoms. The standard InChI is InChI=1S/C10H18NO2/c1-10(12)4-6-8-9(13-8)7(5-10)11(6,2)3/h6-9,12H,4-5H2,1-3H3/q+1. The third-order valence-corrected chi connectivity index (χ3v) is 4.33. The van der Waals surface area contributed by atoms with Crippen LogP contribution in [-0.4, -0.2) is 53.6 Å². The summed E-state index contributed by atoms with van der Waals surface area (Å²) in [6, 6.07) is 1.05. The summed E-state index contributed by atoms with van der Waals surface area (Å²) in [7, 11) is 4.56. The van der Waals surface area contributed by atoms with Crippen LogP contribution in [0.4, 0.5) is 0 Å². The predicted octanol–water partition coefficient (Wildman–Crippen LogP) is 0.126. The molecule has 0 amide bonds. The molecule has 3 heteroatoms. The Morgan fingerprint density at radius 2 is 1.69 bits per heavy atom. The molecule has 1 N–H and O–H groups in total. The fraction of sp³-hybridized carbons (Fsp3) is 1.00. The summed E-state index contributed by atoms with van der Waals surface area (Å²) >= 11 is 0. The number of piperidine rings is 1. The first-order valence-corrected chi connectivity index (χ1v) is 5.13. The summed E-state index contributed by atoms with van der Waals surface area (Å²) in [4.78, 5) is 0. The average molecular weight is 184 g/mol. The fourth-order valence-electron chi connectivity index (χ4n) is 3.45. The second kappa shape index (κ2) is 1.95. The maximum atomic E-state index is 10.1. The van der Waals surface area contributed by atoms with Crippen molar-refractivity contribution in [2.45, 2.75) is 49.7 Å². The molecular formula is C10H18NO2+. The summed E-state index contributed by atoms with van der Waals surface area (Å²) in [6.45, 7) is 1.97. The van der Waals surface area contributed by atoms with E-state index in [0.29, 0.717) is 24.3 Å². The molecule has 0 aromatic carbocycles. The molecule has 13 heavy (non-hydrogen) atoms. The second-order valence-corrected chi connectivity index (χ2v) is 5.73. The van der Waals surface area contributed by atoms with E-state index in [1.807, 2.05) is 6.92 Å². The topological polar surface area (TPSA) is 32.8 Å². The Bertz CT molecular complexity index is 240. The lowest BCUT2D eigenvalue weighted by Gasteiger charge is -2.48. The van der Waals surface area contributed by atoms with Gasteiger partial charge in [-0.25, -0.2) is 0 Å². The van der Waals surface area contributed by atoms with E-state index in [0.717, 1.165) is 17.3 Å². The maximum Gasteiger partial charge on any atom is 0.142 e. The highest BCUT2D eigenvalue weighted by molar-refractivity contribution is 5.10. The van der Waals surface area contributed by atoms with Gasteiger partial charge in [0.05, 0.1) is 19.7 Å². The van der Waals surface area contributed by atoms with Crippen LogP contribution >= 0.6 is 0 Å². The Kier molecular flexibility index (Phi) is 1.23. The number of quaternary nitrogens is 1. The largest absolute Gasteiger partial charge is 0.390 e. The minimum absolute atomic E-state index is 0.445. The summed E-state index contributed by atoms with van der Waals surface area (Å²) < 4.78 is 6.68. The van der Waals surface area contributed by atoms with Gasteiger partial charge in [-0.1, -0.05) is 0 Å². The van der Waals surface area contributed by atoms with Crippen LogP contribution < -0.4 is 0 Å². The molecule has 4 atom stereocenters. The third-order valence-electron chi connectivity index (χ3n) is 4.33. The zero-order valence-corrected chi connectivity index (χ0v) is 8.53. The molecular weight excluding hydrogens is 166 g/mol. The molecule has 3 fully saturated rings. The summed E-state index contributed by atoms with van der Waals surface area (Å²) in [5.74, 6) is 0. The molecule has 3 nitrogen and oxygen atoms in total. The van der Waals surface area contributed by atoms with Gasteiger partial charge in [0.1, 0.15) is 24.3 Å². The molecule has 3 heterocycles. The van der Waals surface area contributed by atoms with Gasteiger partial charge in [-0.15, -0.1) is 0 Å². The van der Waals surface area contributed by atoms with Crippen molar-refractivity contribution in [1.29, 1.82) is 0 Å². The van der Waals surface area contributed by atoms with Gasteiger partial charge < -0.3 is 14.3 Å². The van der Waals surface area contributed by atoms with E-state index in [1.54, 1.807) is 0 Å². The van der Waals surface area contributed by atoms with Crippen molar-refractivity contribution in [3.8, 4) is 0 Å². The molecule has 0 radical (unpaired) electrons. The van der Waals surface area contributed by atoms with E-state index < -0.39 is 5.60 Å². The van der Waals surface area contributed by atoms with Crippen molar-refractivity contribution in [3.05, 3.63) is 0 Å². The van der Waals surface area contributed by atoms with Crippen molar-refractivity contribution in [2.24, 2.45) is 0 Å². The fourth-order valence-corrected chi connectivity index (χ4v) is 3.45. The van der Waals surface area contributed by atoms with Gasteiger partial charge in [0, 0.05) is 12.8 Å². The molecule has 3 saturated heterocycles. The van der Waals surface area contributed by atoms with E-state index in [9.17, 15) is 5.11 Å². The highest BCUT2D eigenvalue weighted by Crippen LogP contribution is 2.53. The number of fused-ring (bicyclic) bond motifs is 5. The lowest BCUT2D eigenvalue weighted by Crippen LogP contribution is -2.62. The number of hydrogen-bond donors (Lipinski definition) is 1. The van der Waals surface area contributed by atoms with Crippen LogP contribution in [0.5, 0.6) is 0 Å². The van der Waals surface area contributed by atoms with Gasteiger partial charge in [0.2, 0.25) is 0 Å². The lowest BCUT2D eigenvalue weighted by atomic mass is 9.86. The zero-order valence-electron chi connectivity index (χ0n) is 8.53. The molecule has 4 unspecified atom stereocenters. The summed E-state index contributed by atoms with van der Waals surface area (Å²) in [5.41, 5.74) is -0.445. The average Bonchev–Trinajstić information content (AvgIpc) is 2.67. The van der Waals surface area contributed by atoms with Crippen molar-refractivity contribution >= 4 is 0 Å². The molecule has 3 aliphatic heterocycles. The number of ether oxygens (including phenoxy) is 1. The van der Waals surface area contributed by atoms with Crippen molar-refractivity contribution in [2.75, 3.05) is 14.1 Å². The minimum Gasteiger partial charge on any atom is -0.390 e. The number of nitrogens with zero attached hydrogens (tertiary/aromatic N) is 1. The molecule has 0 aliphatic carbocycles. The normalized spacial score (nSPS) is 61.8. The number of rotatable bonds is 0. The van der Waals surface area contributed by atoms with Crippen molar-refractivity contribution in [3.63, 3.8) is 0 Å². The number of hydrogen-bond acceptors (Lipinski definition) is 2. The summed E-state index contributed by atoms with van der Waals surface area (Å²) in [5, 5.41) is 10.1. The smallest absolute Gasteiger partial charge is 0.142 e. The highest BCUT2D eigenvalue weighted by Gasteiger charge is 2.71. The van der Waals surface area contributed by atoms with Gasteiger partial charge in [0.25, 0.3) is 0 Å². The minimum atomic E-state index is -0.445. The Labute approximate surface area is 78.9 Å². The maximum absolute atomic E-state index is 10.1. The Morgan fingerprint density at radius 1 is 1.23 bits per heavy atom. The van der Waals surface area contributed by atoms with Crippen LogP contribution in [0.2, 0.25) is 0 Å². The van der Waals surface area contributed by atoms with Crippen molar-refractivity contribution < 1.29 is 14.3 Å². The van der Waals surface area contributed by atoms with Gasteiger partial charge in [0.15, 0.2) is 0 Å². The molecule has 0 spiro atoms. The van der Waals surface area contributed by atoms with Crippen LogP contribution in [0.3, 0.4) is 0 Å². The molecule has 0 aromatic heterocycles. The molecule has 3 rings (SSSR count). The van der Waals surface area contributed by atoms with Crippen LogP contribution in [0.15, 0.2) is 0 Å². The predicted molar refractivity (Wildman–Crippen MR) is 48.2 cm³/mol. The first-order valence-electron chi connectivity index (χ1n) is 5.13. The molecule has 0 aromatic rings. The van der Waals surface area contributed by atoms with Crippen LogP contribution in [0.1, 0.15) is 19.8 Å². The number of epoxide rings is 1. The first-order chi connectivity index (χ1) is 5.92. The monoisotopic (exact) mass is 184 g/mol. The van der Waals surface area contributed by atoms with E-state index in [2.05, 4.69) is 14.1 Å². The second-order valence-electron chi connectivity index (χ2n) is 5.73. The van der Waals surface area contributed by atoms with Gasteiger partial charge >= 0.3 is 0 Å². The van der Waals surface area contributed by atoms with Crippen LogP contribution in [0, 0.1) is 0 Å². The Morgan fingerprint density at radius 3 is 2.15 bits per heavy atom. The zero-order chi connectivity index (χ0) is 9.43. The van der Waals surface area contributed by atoms with E-state index in [1.165, 1.54) is 0 Å². The van der Waals surface area contributed by atoms with E-state index >= 15 is 0 Å². The lowest BCUT2D eigenvalue weighted by molar-refractivity contribution is -0.939. The number of likely N-dealkylation sites (N-methyl/N-ethyl adjacent to an activating group) is 1. The van der Waals surface area contributed by atoms with Crippen LogP contribution in [0.25, 0.3) is 0 Å². The van der Waals surface area contributed by atoms with Crippen LogP contribution in [-0.2, 0) is 4.74 Å².